The van der Waals surface area contributed by atoms with Gasteiger partial charge in [0.1, 0.15) is 0 Å². The Balaban J connectivity index is 1.35. The molecule has 0 radical (unpaired) electrons. The van der Waals surface area contributed by atoms with Gasteiger partial charge in [0.05, 0.1) is 0 Å². The summed E-state index contributed by atoms with van der Waals surface area (Å²) in [5.74, 6) is 1.32. The van der Waals surface area contributed by atoms with Gasteiger partial charge in [0.25, 0.3) is 0 Å². The molecule has 27 heavy (non-hydrogen) atoms. The zero-order valence-electron chi connectivity index (χ0n) is 14.9. The minimum absolute atomic E-state index is 0.381. The van der Waals surface area contributed by atoms with E-state index in [1.807, 2.05) is 59.8 Å². The molecule has 0 amide bonds. The molecule has 6 heteroatoms. The second-order valence-corrected chi connectivity index (χ2v) is 7.01. The van der Waals surface area contributed by atoms with E-state index in [4.69, 9.17) is 10.1 Å². The minimum atomic E-state index is 0.381. The smallest absolute Gasteiger partial charge is 0.156 e. The van der Waals surface area contributed by atoms with Crippen LogP contribution in [0.4, 0.5) is 0 Å². The lowest BCUT2D eigenvalue weighted by molar-refractivity contribution is 0.325. The summed E-state index contributed by atoms with van der Waals surface area (Å²) >= 11 is 0. The van der Waals surface area contributed by atoms with Crippen LogP contribution in [0.5, 0.6) is 0 Å². The van der Waals surface area contributed by atoms with E-state index in [9.17, 15) is 0 Å². The molecule has 0 saturated carbocycles. The minimum Gasteiger partial charge on any atom is -0.298 e. The number of nitrogens with zero attached hydrogens (tertiary/aromatic N) is 6. The van der Waals surface area contributed by atoms with Crippen LogP contribution in [-0.4, -0.2) is 42.6 Å². The number of fused-ring (bicyclic) bond motifs is 1. The van der Waals surface area contributed by atoms with Crippen LogP contribution < -0.4 is 0 Å². The van der Waals surface area contributed by atoms with E-state index < -0.39 is 0 Å². The lowest BCUT2D eigenvalue weighted by Crippen LogP contribution is -2.20. The lowest BCUT2D eigenvalue weighted by Gasteiger charge is -2.14. The number of likely N-dealkylation sites (tertiary alicyclic amines) is 1. The van der Waals surface area contributed by atoms with Crippen LogP contribution in [0.3, 0.4) is 0 Å². The molecule has 5 rings (SSSR count). The average molecular weight is 356 g/mol. The molecule has 1 saturated heterocycles. The highest BCUT2D eigenvalue weighted by atomic mass is 15.3. The first kappa shape index (κ1) is 16.1. The maximum absolute atomic E-state index is 4.77. The third-order valence-electron chi connectivity index (χ3n) is 5.13. The standard InChI is InChI=1S/C21H20N6/c1-2-16(12-23-8-1)13-26-11-7-19(14-26)21-24-20-4-3-18(15-27(20)25-21)17-5-9-22-10-6-17/h1-6,8-10,12,15,19H,7,11,13-14H2/t19-/m0/s1. The molecule has 5 heterocycles. The van der Waals surface area contributed by atoms with Crippen LogP contribution in [0, 0.1) is 0 Å². The Kier molecular flexibility index (Phi) is 4.10. The van der Waals surface area contributed by atoms with Crippen molar-refractivity contribution in [3.63, 3.8) is 0 Å². The fourth-order valence-electron chi connectivity index (χ4n) is 3.73. The molecule has 1 aliphatic heterocycles. The van der Waals surface area contributed by atoms with Crippen molar-refractivity contribution in [2.24, 2.45) is 0 Å². The van der Waals surface area contributed by atoms with Crippen molar-refractivity contribution in [2.45, 2.75) is 18.9 Å². The van der Waals surface area contributed by atoms with Crippen molar-refractivity contribution in [1.29, 1.82) is 0 Å². The van der Waals surface area contributed by atoms with Gasteiger partial charge in [-0.1, -0.05) is 6.07 Å². The summed E-state index contributed by atoms with van der Waals surface area (Å²) in [6, 6.07) is 12.3. The molecule has 1 aliphatic rings. The van der Waals surface area contributed by atoms with Crippen LogP contribution in [0.15, 0.2) is 67.4 Å². The molecule has 6 nitrogen and oxygen atoms in total. The molecule has 1 atom stereocenters. The summed E-state index contributed by atoms with van der Waals surface area (Å²) in [5.41, 5.74) is 4.40. The summed E-state index contributed by atoms with van der Waals surface area (Å²) in [6.07, 6.45) is 10.5. The van der Waals surface area contributed by atoms with Crippen LogP contribution in [0.25, 0.3) is 16.8 Å². The first-order valence-electron chi connectivity index (χ1n) is 9.23. The molecule has 0 bridgehead atoms. The van der Waals surface area contributed by atoms with Crippen LogP contribution in [0.2, 0.25) is 0 Å². The predicted octanol–water partition coefficient (Wildman–Crippen LogP) is 3.18. The largest absolute Gasteiger partial charge is 0.298 e. The van der Waals surface area contributed by atoms with E-state index in [0.29, 0.717) is 5.92 Å². The van der Waals surface area contributed by atoms with Gasteiger partial charge >= 0.3 is 0 Å². The fraction of sp³-hybridized carbons (Fsp3) is 0.238. The van der Waals surface area contributed by atoms with Gasteiger partial charge in [-0.25, -0.2) is 9.50 Å². The Morgan fingerprint density at radius 1 is 0.963 bits per heavy atom. The number of hydrogen-bond acceptors (Lipinski definition) is 5. The summed E-state index contributed by atoms with van der Waals surface area (Å²) in [4.78, 5) is 15.5. The van der Waals surface area contributed by atoms with Crippen molar-refractivity contribution in [1.82, 2.24) is 29.5 Å². The SMILES string of the molecule is c1cncc(CN2CC[C@H](c3nc4ccc(-c5ccncc5)cn4n3)C2)c1. The normalized spacial score (nSPS) is 17.6. The molecule has 4 aromatic rings. The average Bonchev–Trinajstić information content (AvgIpc) is 3.35. The van der Waals surface area contributed by atoms with Crippen molar-refractivity contribution in [3.8, 4) is 11.1 Å². The zero-order valence-corrected chi connectivity index (χ0v) is 14.9. The Hall–Kier alpha value is -3.12. The fourth-order valence-corrected chi connectivity index (χ4v) is 3.73. The molecule has 134 valence electrons. The molecular weight excluding hydrogens is 336 g/mol. The summed E-state index contributed by atoms with van der Waals surface area (Å²) in [7, 11) is 0. The predicted molar refractivity (Wildman–Crippen MR) is 103 cm³/mol. The Bertz CT molecular complexity index is 1040. The van der Waals surface area contributed by atoms with Gasteiger partial charge in [-0.15, -0.1) is 0 Å². The number of rotatable bonds is 4. The summed E-state index contributed by atoms with van der Waals surface area (Å²) < 4.78 is 1.90. The highest BCUT2D eigenvalue weighted by Crippen LogP contribution is 2.27. The van der Waals surface area contributed by atoms with Crippen molar-refractivity contribution >= 4 is 5.65 Å². The highest BCUT2D eigenvalue weighted by molar-refractivity contribution is 5.63. The van der Waals surface area contributed by atoms with Gasteiger partial charge in [0.15, 0.2) is 11.5 Å². The van der Waals surface area contributed by atoms with E-state index in [0.717, 1.165) is 48.7 Å². The number of pyridine rings is 3. The van der Waals surface area contributed by atoms with Crippen molar-refractivity contribution < 1.29 is 0 Å². The van der Waals surface area contributed by atoms with E-state index in [1.165, 1.54) is 5.56 Å². The van der Waals surface area contributed by atoms with Gasteiger partial charge in [-0.3, -0.25) is 14.9 Å². The van der Waals surface area contributed by atoms with Gasteiger partial charge < -0.3 is 0 Å². The molecule has 0 N–H and O–H groups in total. The van der Waals surface area contributed by atoms with E-state index >= 15 is 0 Å². The molecule has 0 aromatic carbocycles. The maximum Gasteiger partial charge on any atom is 0.156 e. The van der Waals surface area contributed by atoms with Gasteiger partial charge in [-0.05, 0) is 54.4 Å². The topological polar surface area (TPSA) is 59.2 Å². The maximum atomic E-state index is 4.77. The summed E-state index contributed by atoms with van der Waals surface area (Å²) in [5, 5.41) is 4.77. The summed E-state index contributed by atoms with van der Waals surface area (Å²) in [6.45, 7) is 2.99. The van der Waals surface area contributed by atoms with Crippen molar-refractivity contribution in [3.05, 3.63) is 78.8 Å². The second-order valence-electron chi connectivity index (χ2n) is 7.01. The lowest BCUT2D eigenvalue weighted by atomic mass is 10.1. The third kappa shape index (κ3) is 3.31. The monoisotopic (exact) mass is 356 g/mol. The molecule has 4 aromatic heterocycles. The highest BCUT2D eigenvalue weighted by Gasteiger charge is 2.27. The number of hydrogen-bond donors (Lipinski definition) is 0. The number of aromatic nitrogens is 5. The zero-order chi connectivity index (χ0) is 18.1. The third-order valence-corrected chi connectivity index (χ3v) is 5.13. The van der Waals surface area contributed by atoms with Gasteiger partial charge in [0.2, 0.25) is 0 Å². The van der Waals surface area contributed by atoms with Gasteiger partial charge in [0, 0.05) is 55.6 Å². The van der Waals surface area contributed by atoms with Gasteiger partial charge in [-0.2, -0.15) is 5.10 Å². The van der Waals surface area contributed by atoms with E-state index in [-0.39, 0.29) is 0 Å². The molecular formula is C21H20N6. The molecule has 1 fully saturated rings. The van der Waals surface area contributed by atoms with E-state index in [2.05, 4.69) is 27.0 Å². The first-order chi connectivity index (χ1) is 13.3. The molecule has 0 spiro atoms. The molecule has 0 unspecified atom stereocenters. The first-order valence-corrected chi connectivity index (χ1v) is 9.23. The van der Waals surface area contributed by atoms with Crippen molar-refractivity contribution in [2.75, 3.05) is 13.1 Å². The Morgan fingerprint density at radius 2 is 1.89 bits per heavy atom. The van der Waals surface area contributed by atoms with Crippen LogP contribution in [0.1, 0.15) is 23.7 Å². The quantitative estimate of drug-likeness (QED) is 0.562. The second kappa shape index (κ2) is 6.89. The molecule has 0 aliphatic carbocycles. The van der Waals surface area contributed by atoms with E-state index in [1.54, 1.807) is 0 Å². The van der Waals surface area contributed by atoms with Crippen LogP contribution >= 0.6 is 0 Å². The Morgan fingerprint density at radius 3 is 2.74 bits per heavy atom. The van der Waals surface area contributed by atoms with Crippen LogP contribution in [-0.2, 0) is 6.54 Å². The Labute approximate surface area is 157 Å².